The molecule has 0 aliphatic heterocycles. The van der Waals surface area contributed by atoms with Gasteiger partial charge >= 0.3 is 0 Å². The zero-order valence-corrected chi connectivity index (χ0v) is 8.11. The van der Waals surface area contributed by atoms with Crippen LogP contribution in [0.25, 0.3) is 10.9 Å². The lowest BCUT2D eigenvalue weighted by Gasteiger charge is -2.03. The molecular weight excluding hydrogens is 176 g/mol. The number of pyridine rings is 2. The molecule has 2 heterocycles. The van der Waals surface area contributed by atoms with Gasteiger partial charge in [0.15, 0.2) is 5.78 Å². The molecule has 0 unspecified atom stereocenters. The molecule has 0 atom stereocenters. The number of aryl methyl sites for hydroxylation is 1. The fourth-order valence-electron chi connectivity index (χ4n) is 1.49. The Morgan fingerprint density at radius 2 is 2.21 bits per heavy atom. The van der Waals surface area contributed by atoms with E-state index in [1.807, 2.05) is 13.0 Å². The fourth-order valence-corrected chi connectivity index (χ4v) is 1.49. The highest BCUT2D eigenvalue weighted by molar-refractivity contribution is 6.05. The summed E-state index contributed by atoms with van der Waals surface area (Å²) in [5, 5.41) is 0.825. The lowest BCUT2D eigenvalue weighted by atomic mass is 10.1. The normalized spacial score (nSPS) is 10.4. The number of Topliss-reactive ketones (excluding diaryl/α,β-unsaturated/α-hetero) is 1. The number of ketones is 1. The van der Waals surface area contributed by atoms with E-state index >= 15 is 0 Å². The zero-order valence-electron chi connectivity index (χ0n) is 8.11. The van der Waals surface area contributed by atoms with E-state index in [0.29, 0.717) is 5.56 Å². The van der Waals surface area contributed by atoms with Gasteiger partial charge in [0.1, 0.15) is 0 Å². The second-order valence-electron chi connectivity index (χ2n) is 3.26. The van der Waals surface area contributed by atoms with Gasteiger partial charge in [-0.1, -0.05) is 0 Å². The predicted octanol–water partition coefficient (Wildman–Crippen LogP) is 2.14. The number of rotatable bonds is 1. The van der Waals surface area contributed by atoms with Crippen molar-refractivity contribution in [3.8, 4) is 0 Å². The molecule has 0 amide bonds. The van der Waals surface area contributed by atoms with Crippen molar-refractivity contribution in [1.29, 1.82) is 0 Å². The lowest BCUT2D eigenvalue weighted by Crippen LogP contribution is -1.97. The van der Waals surface area contributed by atoms with Crippen molar-refractivity contribution >= 4 is 16.7 Å². The second-order valence-corrected chi connectivity index (χ2v) is 3.26. The predicted molar refractivity (Wildman–Crippen MR) is 54.3 cm³/mol. The van der Waals surface area contributed by atoms with Crippen molar-refractivity contribution in [2.45, 2.75) is 13.8 Å². The topological polar surface area (TPSA) is 42.9 Å². The van der Waals surface area contributed by atoms with Gasteiger partial charge in [-0.2, -0.15) is 0 Å². The Kier molecular flexibility index (Phi) is 2.00. The SMILES string of the molecule is CC(=O)c1cc(C)nc2ccncc12. The minimum atomic E-state index is 0.0495. The van der Waals surface area contributed by atoms with E-state index in [-0.39, 0.29) is 5.78 Å². The highest BCUT2D eigenvalue weighted by Crippen LogP contribution is 2.17. The van der Waals surface area contributed by atoms with E-state index in [0.717, 1.165) is 16.6 Å². The standard InChI is InChI=1S/C11H10N2O/c1-7-5-9(8(2)14)10-6-12-4-3-11(10)13-7/h3-6H,1-2H3. The van der Waals surface area contributed by atoms with Crippen molar-refractivity contribution < 1.29 is 4.79 Å². The maximum absolute atomic E-state index is 11.4. The first-order valence-corrected chi connectivity index (χ1v) is 4.41. The number of carbonyl (C=O) groups excluding carboxylic acids is 1. The molecule has 0 aliphatic carbocycles. The van der Waals surface area contributed by atoms with Gasteiger partial charge in [0.2, 0.25) is 0 Å². The van der Waals surface area contributed by atoms with Crippen LogP contribution in [-0.4, -0.2) is 15.8 Å². The molecule has 3 heteroatoms. The van der Waals surface area contributed by atoms with Gasteiger partial charge in [-0.05, 0) is 26.0 Å². The van der Waals surface area contributed by atoms with E-state index in [1.54, 1.807) is 25.4 Å². The largest absolute Gasteiger partial charge is 0.294 e. The number of nitrogens with zero attached hydrogens (tertiary/aromatic N) is 2. The highest BCUT2D eigenvalue weighted by Gasteiger charge is 2.07. The van der Waals surface area contributed by atoms with Crippen LogP contribution >= 0.6 is 0 Å². The molecule has 14 heavy (non-hydrogen) atoms. The van der Waals surface area contributed by atoms with Crippen LogP contribution in [0.5, 0.6) is 0 Å². The minimum absolute atomic E-state index is 0.0495. The Morgan fingerprint density at radius 3 is 2.93 bits per heavy atom. The number of fused-ring (bicyclic) bond motifs is 1. The van der Waals surface area contributed by atoms with E-state index in [2.05, 4.69) is 9.97 Å². The Balaban J connectivity index is 2.87. The minimum Gasteiger partial charge on any atom is -0.294 e. The van der Waals surface area contributed by atoms with Crippen LogP contribution in [0.4, 0.5) is 0 Å². The number of aromatic nitrogens is 2. The Hall–Kier alpha value is -1.77. The summed E-state index contributed by atoms with van der Waals surface area (Å²) in [5.74, 6) is 0.0495. The van der Waals surface area contributed by atoms with Crippen molar-refractivity contribution in [1.82, 2.24) is 9.97 Å². The van der Waals surface area contributed by atoms with Gasteiger partial charge in [0.25, 0.3) is 0 Å². The molecule has 0 radical (unpaired) electrons. The first-order valence-electron chi connectivity index (χ1n) is 4.41. The molecule has 2 rings (SSSR count). The molecule has 0 N–H and O–H groups in total. The lowest BCUT2D eigenvalue weighted by molar-refractivity contribution is 0.101. The Morgan fingerprint density at radius 1 is 1.43 bits per heavy atom. The summed E-state index contributed by atoms with van der Waals surface area (Å²) in [6, 6.07) is 3.61. The molecule has 2 aromatic heterocycles. The number of carbonyl (C=O) groups is 1. The van der Waals surface area contributed by atoms with Crippen LogP contribution in [0, 0.1) is 6.92 Å². The van der Waals surface area contributed by atoms with E-state index < -0.39 is 0 Å². The number of hydrogen-bond acceptors (Lipinski definition) is 3. The summed E-state index contributed by atoms with van der Waals surface area (Å²) in [7, 11) is 0. The van der Waals surface area contributed by atoms with Crippen LogP contribution < -0.4 is 0 Å². The monoisotopic (exact) mass is 186 g/mol. The van der Waals surface area contributed by atoms with Crippen molar-refractivity contribution in [2.24, 2.45) is 0 Å². The molecule has 0 fully saturated rings. The summed E-state index contributed by atoms with van der Waals surface area (Å²) in [5.41, 5.74) is 2.37. The molecule has 0 saturated carbocycles. The summed E-state index contributed by atoms with van der Waals surface area (Å²) in [4.78, 5) is 19.7. The van der Waals surface area contributed by atoms with Gasteiger partial charge in [-0.3, -0.25) is 14.8 Å². The zero-order chi connectivity index (χ0) is 10.1. The molecule has 2 aromatic rings. The third-order valence-electron chi connectivity index (χ3n) is 2.12. The van der Waals surface area contributed by atoms with Gasteiger partial charge in [-0.15, -0.1) is 0 Å². The van der Waals surface area contributed by atoms with Crippen LogP contribution in [-0.2, 0) is 0 Å². The molecular formula is C11H10N2O. The molecule has 0 bridgehead atoms. The van der Waals surface area contributed by atoms with Crippen molar-refractivity contribution in [3.05, 3.63) is 35.8 Å². The number of hydrogen-bond donors (Lipinski definition) is 0. The van der Waals surface area contributed by atoms with Crippen LogP contribution in [0.2, 0.25) is 0 Å². The quantitative estimate of drug-likeness (QED) is 0.641. The molecule has 0 aromatic carbocycles. The highest BCUT2D eigenvalue weighted by atomic mass is 16.1. The third-order valence-corrected chi connectivity index (χ3v) is 2.12. The second kappa shape index (κ2) is 3.18. The first-order chi connectivity index (χ1) is 6.68. The Labute approximate surface area is 81.8 Å². The van der Waals surface area contributed by atoms with Crippen molar-refractivity contribution in [2.75, 3.05) is 0 Å². The summed E-state index contributed by atoms with van der Waals surface area (Å²) < 4.78 is 0. The molecule has 0 saturated heterocycles. The van der Waals surface area contributed by atoms with Gasteiger partial charge in [0, 0.05) is 29.0 Å². The summed E-state index contributed by atoms with van der Waals surface area (Å²) >= 11 is 0. The van der Waals surface area contributed by atoms with Crippen LogP contribution in [0.15, 0.2) is 24.5 Å². The molecule has 70 valence electrons. The molecule has 3 nitrogen and oxygen atoms in total. The maximum Gasteiger partial charge on any atom is 0.160 e. The van der Waals surface area contributed by atoms with E-state index in [9.17, 15) is 4.79 Å². The third kappa shape index (κ3) is 1.37. The molecule has 0 spiro atoms. The summed E-state index contributed by atoms with van der Waals surface area (Å²) in [6.45, 7) is 3.44. The van der Waals surface area contributed by atoms with Gasteiger partial charge in [0.05, 0.1) is 5.52 Å². The Bertz CT molecular complexity index is 506. The smallest absolute Gasteiger partial charge is 0.160 e. The van der Waals surface area contributed by atoms with E-state index in [4.69, 9.17) is 0 Å². The average molecular weight is 186 g/mol. The van der Waals surface area contributed by atoms with Crippen LogP contribution in [0.1, 0.15) is 23.0 Å². The van der Waals surface area contributed by atoms with E-state index in [1.165, 1.54) is 0 Å². The average Bonchev–Trinajstić information content (AvgIpc) is 2.16. The van der Waals surface area contributed by atoms with Crippen LogP contribution in [0.3, 0.4) is 0 Å². The fraction of sp³-hybridized carbons (Fsp3) is 0.182. The van der Waals surface area contributed by atoms with Crippen molar-refractivity contribution in [3.63, 3.8) is 0 Å². The first kappa shape index (κ1) is 8.81. The maximum atomic E-state index is 11.4. The van der Waals surface area contributed by atoms with Gasteiger partial charge < -0.3 is 0 Å². The van der Waals surface area contributed by atoms with Gasteiger partial charge in [-0.25, -0.2) is 0 Å². The summed E-state index contributed by atoms with van der Waals surface area (Å²) in [6.07, 6.45) is 3.36. The molecule has 0 aliphatic rings.